The van der Waals surface area contributed by atoms with E-state index in [4.69, 9.17) is 0 Å². The van der Waals surface area contributed by atoms with Crippen molar-refractivity contribution in [1.82, 2.24) is 0 Å². The van der Waals surface area contributed by atoms with Gasteiger partial charge in [-0.1, -0.05) is 120 Å². The highest BCUT2D eigenvalue weighted by molar-refractivity contribution is 5.15. The molecule has 3 aliphatic carbocycles. The average molecular weight is 341 g/mol. The number of hydrogen-bond acceptors (Lipinski definition) is 0. The van der Waals surface area contributed by atoms with Gasteiger partial charge in [-0.25, -0.2) is 0 Å². The Labute approximate surface area is 156 Å². The first kappa shape index (κ1) is 19.0. The molecule has 0 bridgehead atoms. The van der Waals surface area contributed by atoms with E-state index in [1.165, 1.54) is 76.2 Å². The smallest absolute Gasteiger partial charge is 0.0250 e. The molecular weight excluding hydrogens is 300 g/mol. The second kappa shape index (κ2) is 11.0. The van der Waals surface area contributed by atoms with Crippen molar-refractivity contribution in [2.24, 2.45) is 17.8 Å². The van der Waals surface area contributed by atoms with Gasteiger partial charge in [-0.15, -0.1) is 0 Å². The molecule has 0 amide bonds. The molecule has 0 heteroatoms. The first-order valence-electron chi connectivity index (χ1n) is 11.4. The molecule has 3 aliphatic rings. The fourth-order valence-corrected chi connectivity index (χ4v) is 5.48. The van der Waals surface area contributed by atoms with Crippen molar-refractivity contribution in [1.29, 1.82) is 0 Å². The van der Waals surface area contributed by atoms with Gasteiger partial charge in [0.1, 0.15) is 0 Å². The number of rotatable bonds is 4. The van der Waals surface area contributed by atoms with Gasteiger partial charge in [0.25, 0.3) is 0 Å². The molecule has 0 aliphatic heterocycles. The third-order valence-electron chi connectivity index (χ3n) is 6.96. The zero-order valence-electron chi connectivity index (χ0n) is 16.4. The second-order valence-electron chi connectivity index (χ2n) is 9.08. The zero-order chi connectivity index (χ0) is 17.2. The highest BCUT2D eigenvalue weighted by Gasteiger charge is 2.21. The van der Waals surface area contributed by atoms with Crippen LogP contribution in [0.15, 0.2) is 30.3 Å². The van der Waals surface area contributed by atoms with E-state index >= 15 is 0 Å². The van der Waals surface area contributed by atoms with Gasteiger partial charge in [-0.3, -0.25) is 0 Å². The molecule has 0 spiro atoms. The van der Waals surface area contributed by atoms with E-state index in [9.17, 15) is 0 Å². The molecule has 0 nitrogen and oxygen atoms in total. The van der Waals surface area contributed by atoms with Gasteiger partial charge in [0.2, 0.25) is 0 Å². The predicted octanol–water partition coefficient (Wildman–Crippen LogP) is 7.96. The highest BCUT2D eigenvalue weighted by Crippen LogP contribution is 2.35. The van der Waals surface area contributed by atoms with E-state index in [2.05, 4.69) is 30.3 Å². The Kier molecular flexibility index (Phi) is 8.39. The van der Waals surface area contributed by atoms with Crippen LogP contribution in [0, 0.1) is 17.8 Å². The maximum Gasteiger partial charge on any atom is -0.0250 e. The molecule has 0 unspecified atom stereocenters. The van der Waals surface area contributed by atoms with Crippen LogP contribution in [0.5, 0.6) is 0 Å². The maximum absolute atomic E-state index is 2.26. The van der Waals surface area contributed by atoms with E-state index < -0.39 is 0 Å². The Morgan fingerprint density at radius 1 is 0.520 bits per heavy atom. The summed E-state index contributed by atoms with van der Waals surface area (Å²) >= 11 is 0. The molecule has 0 radical (unpaired) electrons. The van der Waals surface area contributed by atoms with Crippen molar-refractivity contribution in [3.8, 4) is 0 Å². The van der Waals surface area contributed by atoms with Crippen LogP contribution in [0.4, 0.5) is 0 Å². The topological polar surface area (TPSA) is 0 Å². The van der Waals surface area contributed by atoms with Crippen LogP contribution in [0.2, 0.25) is 0 Å². The fourth-order valence-electron chi connectivity index (χ4n) is 5.48. The Morgan fingerprint density at radius 2 is 0.960 bits per heavy atom. The molecule has 1 aromatic rings. The van der Waals surface area contributed by atoms with Gasteiger partial charge in [0.05, 0.1) is 0 Å². The van der Waals surface area contributed by atoms with E-state index in [0.717, 1.165) is 17.8 Å². The zero-order valence-corrected chi connectivity index (χ0v) is 16.4. The van der Waals surface area contributed by atoms with Crippen LogP contribution in [0.1, 0.15) is 102 Å². The summed E-state index contributed by atoms with van der Waals surface area (Å²) in [5, 5.41) is 0. The van der Waals surface area contributed by atoms with E-state index in [0.29, 0.717) is 0 Å². The Hall–Kier alpha value is -0.780. The Balaban J connectivity index is 0.000000146. The van der Waals surface area contributed by atoms with Crippen LogP contribution < -0.4 is 0 Å². The summed E-state index contributed by atoms with van der Waals surface area (Å²) in [6.07, 6.45) is 24.0. The number of hydrogen-bond donors (Lipinski definition) is 0. The van der Waals surface area contributed by atoms with Crippen LogP contribution in [-0.4, -0.2) is 0 Å². The third-order valence-corrected chi connectivity index (χ3v) is 6.96. The summed E-state index contributed by atoms with van der Waals surface area (Å²) in [5.41, 5.74) is 1.52. The van der Waals surface area contributed by atoms with Crippen molar-refractivity contribution in [3.63, 3.8) is 0 Å². The molecule has 4 rings (SSSR count). The van der Waals surface area contributed by atoms with Gasteiger partial charge < -0.3 is 0 Å². The van der Waals surface area contributed by atoms with Gasteiger partial charge >= 0.3 is 0 Å². The van der Waals surface area contributed by atoms with Crippen LogP contribution in [-0.2, 0) is 6.42 Å². The first-order chi connectivity index (χ1) is 12.4. The largest absolute Gasteiger partial charge is 0.0622 e. The Bertz CT molecular complexity index is 430. The van der Waals surface area contributed by atoms with Gasteiger partial charge in [0, 0.05) is 0 Å². The van der Waals surface area contributed by atoms with Crippen molar-refractivity contribution in [2.75, 3.05) is 0 Å². The third kappa shape index (κ3) is 7.16. The molecule has 0 aromatic heterocycles. The summed E-state index contributed by atoms with van der Waals surface area (Å²) in [6.45, 7) is 0. The second-order valence-corrected chi connectivity index (χ2v) is 9.08. The molecule has 0 N–H and O–H groups in total. The van der Waals surface area contributed by atoms with Crippen LogP contribution in [0.3, 0.4) is 0 Å². The molecule has 0 saturated heterocycles. The van der Waals surface area contributed by atoms with Crippen molar-refractivity contribution < 1.29 is 0 Å². The Morgan fingerprint density at radius 3 is 1.48 bits per heavy atom. The van der Waals surface area contributed by atoms with E-state index in [1.807, 2.05) is 0 Å². The molecule has 140 valence electrons. The molecule has 0 heterocycles. The number of benzene rings is 1. The minimum absolute atomic E-state index is 0.969. The lowest BCUT2D eigenvalue weighted by molar-refractivity contribution is 0.289. The summed E-state index contributed by atoms with van der Waals surface area (Å²) in [5.74, 6) is 3.23. The molecule has 1 aromatic carbocycles. The maximum atomic E-state index is 2.26. The SMILES string of the molecule is C1CCC(CC2CCCC2)CC1.c1ccc(CC2CCCCC2)cc1. The summed E-state index contributed by atoms with van der Waals surface area (Å²) < 4.78 is 0. The van der Waals surface area contributed by atoms with E-state index in [1.54, 1.807) is 32.1 Å². The van der Waals surface area contributed by atoms with Crippen LogP contribution >= 0.6 is 0 Å². The predicted molar refractivity (Wildman–Crippen MR) is 110 cm³/mol. The highest BCUT2D eigenvalue weighted by atomic mass is 14.3. The molecule has 3 fully saturated rings. The fraction of sp³-hybridized carbons (Fsp3) is 0.760. The summed E-state index contributed by atoms with van der Waals surface area (Å²) in [4.78, 5) is 0. The summed E-state index contributed by atoms with van der Waals surface area (Å²) in [7, 11) is 0. The van der Waals surface area contributed by atoms with Gasteiger partial charge in [-0.05, 0) is 36.2 Å². The van der Waals surface area contributed by atoms with E-state index in [-0.39, 0.29) is 0 Å². The lowest BCUT2D eigenvalue weighted by Gasteiger charge is -2.24. The molecule has 3 saturated carbocycles. The lowest BCUT2D eigenvalue weighted by atomic mass is 9.82. The monoisotopic (exact) mass is 340 g/mol. The average Bonchev–Trinajstić information content (AvgIpc) is 3.18. The summed E-state index contributed by atoms with van der Waals surface area (Å²) in [6, 6.07) is 10.9. The minimum atomic E-state index is 0.969. The van der Waals surface area contributed by atoms with Gasteiger partial charge in [0.15, 0.2) is 0 Å². The molecule has 0 atom stereocenters. The van der Waals surface area contributed by atoms with Crippen molar-refractivity contribution in [3.05, 3.63) is 35.9 Å². The normalized spacial score (nSPS) is 23.2. The minimum Gasteiger partial charge on any atom is -0.0622 e. The first-order valence-corrected chi connectivity index (χ1v) is 11.4. The van der Waals surface area contributed by atoms with Crippen molar-refractivity contribution >= 4 is 0 Å². The lowest BCUT2D eigenvalue weighted by Crippen LogP contribution is -2.10. The molecule has 25 heavy (non-hydrogen) atoms. The van der Waals surface area contributed by atoms with Crippen molar-refractivity contribution in [2.45, 2.75) is 103 Å². The standard InChI is InChI=1S/C13H18.C12H22/c1-3-7-12(8-4-1)11-13-9-5-2-6-10-13;1-2-6-11(7-3-1)10-12-8-4-5-9-12/h1,3-4,7-8,13H,2,5-6,9-11H2;11-12H,1-10H2. The van der Waals surface area contributed by atoms with Gasteiger partial charge in [-0.2, -0.15) is 0 Å². The quantitative estimate of drug-likeness (QED) is 0.521. The molecular formula is C25H40. The van der Waals surface area contributed by atoms with Crippen LogP contribution in [0.25, 0.3) is 0 Å².